The first-order chi connectivity index (χ1) is 9.31. The van der Waals surface area contributed by atoms with Gasteiger partial charge >= 0.3 is 0 Å². The van der Waals surface area contributed by atoms with Crippen LogP contribution in [0, 0.1) is 24.8 Å². The first kappa shape index (κ1) is 11.1. The van der Waals surface area contributed by atoms with Gasteiger partial charge in [0.05, 0.1) is 0 Å². The SMILES string of the molecule is Cc1ccc2c(c1)CN(C1=CC=CC3CC13)CC=[C]2. The normalized spacial score (nSPS) is 27.4. The maximum absolute atomic E-state index is 3.44. The summed E-state index contributed by atoms with van der Waals surface area (Å²) in [5.41, 5.74) is 5.53. The van der Waals surface area contributed by atoms with Crippen molar-refractivity contribution in [2.45, 2.75) is 19.9 Å². The Morgan fingerprint density at radius 1 is 1.32 bits per heavy atom. The Morgan fingerprint density at radius 2 is 2.26 bits per heavy atom. The molecule has 0 saturated heterocycles. The zero-order valence-electron chi connectivity index (χ0n) is 11.3. The predicted molar refractivity (Wildman–Crippen MR) is 77.3 cm³/mol. The standard InChI is InChI=1S/C18H18N/c1-13-7-8-14-5-3-9-19(12-16(14)10-13)18-6-2-4-15-11-17(15)18/h2-4,6-8,10,15,17H,9,11-12H2,1H3. The fraction of sp³-hybridized carbons (Fsp3) is 0.333. The maximum atomic E-state index is 3.44. The summed E-state index contributed by atoms with van der Waals surface area (Å²) in [5.74, 6) is 1.60. The van der Waals surface area contributed by atoms with Gasteiger partial charge in [-0.25, -0.2) is 0 Å². The fourth-order valence-electron chi connectivity index (χ4n) is 3.25. The second kappa shape index (κ2) is 4.12. The zero-order valence-corrected chi connectivity index (χ0v) is 11.3. The van der Waals surface area contributed by atoms with E-state index in [0.717, 1.165) is 24.9 Å². The lowest BCUT2D eigenvalue weighted by Crippen LogP contribution is -2.24. The molecular weight excluding hydrogens is 230 g/mol. The van der Waals surface area contributed by atoms with E-state index >= 15 is 0 Å². The Bertz CT molecular complexity index is 606. The van der Waals surface area contributed by atoms with Crippen molar-refractivity contribution in [3.63, 3.8) is 0 Å². The molecule has 0 N–H and O–H groups in total. The number of nitrogens with zero attached hydrogens (tertiary/aromatic N) is 1. The molecule has 0 spiro atoms. The molecule has 0 amide bonds. The highest BCUT2D eigenvalue weighted by molar-refractivity contribution is 5.38. The van der Waals surface area contributed by atoms with Crippen molar-refractivity contribution in [2.75, 3.05) is 6.54 Å². The van der Waals surface area contributed by atoms with Crippen LogP contribution in [-0.4, -0.2) is 11.4 Å². The number of fused-ring (bicyclic) bond motifs is 2. The summed E-state index contributed by atoms with van der Waals surface area (Å²) in [7, 11) is 0. The molecule has 2 unspecified atom stereocenters. The van der Waals surface area contributed by atoms with Crippen molar-refractivity contribution in [2.24, 2.45) is 11.8 Å². The smallest absolute Gasteiger partial charge is 0.0436 e. The van der Waals surface area contributed by atoms with Gasteiger partial charge in [-0.15, -0.1) is 0 Å². The number of hydrogen-bond acceptors (Lipinski definition) is 1. The maximum Gasteiger partial charge on any atom is 0.0436 e. The van der Waals surface area contributed by atoms with Crippen LogP contribution in [0.3, 0.4) is 0 Å². The molecule has 1 saturated carbocycles. The summed E-state index contributed by atoms with van der Waals surface area (Å²) in [4.78, 5) is 2.52. The molecule has 1 aliphatic heterocycles. The summed E-state index contributed by atoms with van der Waals surface area (Å²) in [6.07, 6.45) is 13.9. The number of rotatable bonds is 1. The van der Waals surface area contributed by atoms with E-state index in [9.17, 15) is 0 Å². The van der Waals surface area contributed by atoms with E-state index < -0.39 is 0 Å². The molecule has 95 valence electrons. The monoisotopic (exact) mass is 248 g/mol. The molecule has 1 aromatic rings. The van der Waals surface area contributed by atoms with Crippen LogP contribution >= 0.6 is 0 Å². The molecule has 0 aromatic heterocycles. The number of benzene rings is 1. The highest BCUT2D eigenvalue weighted by Gasteiger charge is 2.41. The minimum absolute atomic E-state index is 0.782. The van der Waals surface area contributed by atoms with Crippen LogP contribution in [-0.2, 0) is 6.54 Å². The van der Waals surface area contributed by atoms with Gasteiger partial charge in [0.2, 0.25) is 0 Å². The Hall–Kier alpha value is -1.76. The molecule has 1 heteroatoms. The van der Waals surface area contributed by atoms with E-state index in [0.29, 0.717) is 0 Å². The third kappa shape index (κ3) is 1.94. The molecule has 2 atom stereocenters. The highest BCUT2D eigenvalue weighted by Crippen LogP contribution is 2.48. The second-order valence-corrected chi connectivity index (χ2v) is 5.87. The van der Waals surface area contributed by atoms with E-state index in [1.807, 2.05) is 0 Å². The summed E-state index contributed by atoms with van der Waals surface area (Å²) in [6.45, 7) is 4.17. The largest absolute Gasteiger partial charge is 0.366 e. The summed E-state index contributed by atoms with van der Waals surface area (Å²) < 4.78 is 0. The third-order valence-electron chi connectivity index (χ3n) is 4.40. The second-order valence-electron chi connectivity index (χ2n) is 5.87. The molecule has 1 fully saturated rings. The van der Waals surface area contributed by atoms with Gasteiger partial charge in [0.1, 0.15) is 0 Å². The summed E-state index contributed by atoms with van der Waals surface area (Å²) in [5, 5.41) is 0. The average molecular weight is 248 g/mol. The lowest BCUT2D eigenvalue weighted by Gasteiger charge is -2.27. The lowest BCUT2D eigenvalue weighted by atomic mass is 10.0. The van der Waals surface area contributed by atoms with Gasteiger partial charge in [0, 0.05) is 24.7 Å². The van der Waals surface area contributed by atoms with Gasteiger partial charge in [-0.1, -0.05) is 42.0 Å². The first-order valence-corrected chi connectivity index (χ1v) is 7.12. The number of hydrogen-bond donors (Lipinski definition) is 0. The van der Waals surface area contributed by atoms with Gasteiger partial charge in [0.25, 0.3) is 0 Å². The molecule has 0 bridgehead atoms. The van der Waals surface area contributed by atoms with E-state index in [-0.39, 0.29) is 0 Å². The average Bonchev–Trinajstić information content (AvgIpc) is 3.20. The Labute approximate surface area is 114 Å². The number of allylic oxidation sites excluding steroid dienone is 4. The zero-order chi connectivity index (χ0) is 12.8. The Balaban J connectivity index is 1.67. The first-order valence-electron chi connectivity index (χ1n) is 7.12. The van der Waals surface area contributed by atoms with E-state index in [4.69, 9.17) is 0 Å². The molecule has 1 heterocycles. The van der Waals surface area contributed by atoms with Crippen LogP contribution in [0.5, 0.6) is 0 Å². The van der Waals surface area contributed by atoms with Crippen LogP contribution in [0.2, 0.25) is 0 Å². The van der Waals surface area contributed by atoms with Crippen molar-refractivity contribution >= 4 is 0 Å². The van der Waals surface area contributed by atoms with Crippen LogP contribution in [0.1, 0.15) is 23.1 Å². The van der Waals surface area contributed by atoms with Crippen LogP contribution < -0.4 is 0 Å². The Morgan fingerprint density at radius 3 is 3.21 bits per heavy atom. The summed E-state index contributed by atoms with van der Waals surface area (Å²) >= 11 is 0. The minimum Gasteiger partial charge on any atom is -0.366 e. The van der Waals surface area contributed by atoms with Crippen molar-refractivity contribution in [3.05, 3.63) is 71.0 Å². The van der Waals surface area contributed by atoms with Crippen molar-refractivity contribution in [3.8, 4) is 0 Å². The lowest BCUT2D eigenvalue weighted by molar-refractivity contribution is 0.351. The van der Waals surface area contributed by atoms with Gasteiger partial charge in [-0.05, 0) is 42.5 Å². The molecule has 3 aliphatic rings. The minimum atomic E-state index is 0.782. The molecule has 4 rings (SSSR count). The molecule has 19 heavy (non-hydrogen) atoms. The fourth-order valence-corrected chi connectivity index (χ4v) is 3.25. The highest BCUT2D eigenvalue weighted by atomic mass is 15.1. The van der Waals surface area contributed by atoms with Gasteiger partial charge in [-0.2, -0.15) is 0 Å². The molecule has 1 nitrogen and oxygen atoms in total. The van der Waals surface area contributed by atoms with Crippen LogP contribution in [0.25, 0.3) is 0 Å². The molecule has 1 radical (unpaired) electrons. The summed E-state index contributed by atoms with van der Waals surface area (Å²) in [6, 6.07) is 6.67. The third-order valence-corrected chi connectivity index (χ3v) is 4.40. The molecule has 2 aliphatic carbocycles. The van der Waals surface area contributed by atoms with E-state index in [1.54, 1.807) is 0 Å². The van der Waals surface area contributed by atoms with Gasteiger partial charge in [0.15, 0.2) is 0 Å². The van der Waals surface area contributed by atoms with Crippen LogP contribution in [0.15, 0.2) is 48.2 Å². The van der Waals surface area contributed by atoms with Crippen molar-refractivity contribution in [1.82, 2.24) is 4.90 Å². The van der Waals surface area contributed by atoms with Crippen molar-refractivity contribution < 1.29 is 0 Å². The van der Waals surface area contributed by atoms with Gasteiger partial charge in [-0.3, -0.25) is 0 Å². The van der Waals surface area contributed by atoms with Crippen LogP contribution in [0.4, 0.5) is 0 Å². The molecule has 1 aromatic carbocycles. The topological polar surface area (TPSA) is 3.24 Å². The van der Waals surface area contributed by atoms with E-state index in [1.165, 1.54) is 28.8 Å². The van der Waals surface area contributed by atoms with Gasteiger partial charge < -0.3 is 4.90 Å². The molecular formula is C18H18N. The predicted octanol–water partition coefficient (Wildman–Crippen LogP) is 3.61. The number of aryl methyl sites for hydroxylation is 1. The quantitative estimate of drug-likeness (QED) is 0.734. The Kier molecular flexibility index (Phi) is 2.41. The van der Waals surface area contributed by atoms with Crippen molar-refractivity contribution in [1.29, 1.82) is 0 Å². The van der Waals surface area contributed by atoms with E-state index in [2.05, 4.69) is 60.4 Å².